The third-order valence-corrected chi connectivity index (χ3v) is 2.94. The van der Waals surface area contributed by atoms with E-state index in [-0.39, 0.29) is 12.5 Å². The maximum absolute atomic E-state index is 10.7. The normalized spacial score (nSPS) is 16.3. The van der Waals surface area contributed by atoms with Crippen molar-refractivity contribution in [3.05, 3.63) is 0 Å². The summed E-state index contributed by atoms with van der Waals surface area (Å²) in [6, 6.07) is 0. The van der Waals surface area contributed by atoms with Crippen molar-refractivity contribution in [3.63, 3.8) is 0 Å². The second-order valence-electron chi connectivity index (χ2n) is 3.63. The Balaban J connectivity index is 4.35. The van der Waals surface area contributed by atoms with Gasteiger partial charge in [-0.3, -0.25) is 4.52 Å². The molecule has 0 aliphatic rings. The molecular weight excluding hydrogens is 219 g/mol. The van der Waals surface area contributed by atoms with Crippen molar-refractivity contribution in [2.24, 2.45) is 5.92 Å². The standard InChI is InChI=1S/C9H21O5P/c1-3-5-6-9(8(4-2)7-10)14-15(11,12)13/h8-10H,3-7H2,1-2H3,(H2,11,12,13). The van der Waals surface area contributed by atoms with Crippen LogP contribution in [0.25, 0.3) is 0 Å². The third kappa shape index (κ3) is 7.03. The van der Waals surface area contributed by atoms with Crippen molar-refractivity contribution in [3.8, 4) is 0 Å². The molecule has 15 heavy (non-hydrogen) atoms. The first-order valence-electron chi connectivity index (χ1n) is 5.29. The summed E-state index contributed by atoms with van der Waals surface area (Å²) in [5, 5.41) is 9.06. The zero-order chi connectivity index (χ0) is 11.9. The molecular formula is C9H21O5P. The Morgan fingerprint density at radius 1 is 1.33 bits per heavy atom. The zero-order valence-corrected chi connectivity index (χ0v) is 10.2. The van der Waals surface area contributed by atoms with Crippen LogP contribution < -0.4 is 0 Å². The Morgan fingerprint density at radius 2 is 1.93 bits per heavy atom. The SMILES string of the molecule is CCCCC(OP(=O)(O)O)C(CC)CO. The van der Waals surface area contributed by atoms with Crippen LogP contribution in [0, 0.1) is 5.92 Å². The van der Waals surface area contributed by atoms with Gasteiger partial charge in [0.25, 0.3) is 0 Å². The number of aliphatic hydroxyl groups excluding tert-OH is 1. The monoisotopic (exact) mass is 240 g/mol. The summed E-state index contributed by atoms with van der Waals surface area (Å²) >= 11 is 0. The summed E-state index contributed by atoms with van der Waals surface area (Å²) in [5.41, 5.74) is 0. The molecule has 0 fully saturated rings. The van der Waals surface area contributed by atoms with E-state index in [1.54, 1.807) is 0 Å². The Bertz CT molecular complexity index is 199. The molecule has 0 aromatic heterocycles. The molecule has 0 aliphatic carbocycles. The Labute approximate surface area is 90.7 Å². The number of phosphoric ester groups is 1. The highest BCUT2D eigenvalue weighted by molar-refractivity contribution is 7.46. The maximum Gasteiger partial charge on any atom is 0.469 e. The molecule has 0 radical (unpaired) electrons. The maximum atomic E-state index is 10.7. The summed E-state index contributed by atoms with van der Waals surface area (Å²) in [6.45, 7) is 3.75. The Kier molecular flexibility index (Phi) is 7.40. The minimum atomic E-state index is -4.45. The molecule has 2 unspecified atom stereocenters. The van der Waals surface area contributed by atoms with Gasteiger partial charge < -0.3 is 14.9 Å². The lowest BCUT2D eigenvalue weighted by Crippen LogP contribution is -2.25. The van der Waals surface area contributed by atoms with E-state index in [1.165, 1.54) is 0 Å². The van der Waals surface area contributed by atoms with Gasteiger partial charge in [0.2, 0.25) is 0 Å². The van der Waals surface area contributed by atoms with Gasteiger partial charge in [-0.05, 0) is 12.8 Å². The van der Waals surface area contributed by atoms with Crippen LogP contribution in [0.5, 0.6) is 0 Å². The number of phosphoric acid groups is 1. The average Bonchev–Trinajstić information content (AvgIpc) is 2.13. The van der Waals surface area contributed by atoms with E-state index in [1.807, 2.05) is 13.8 Å². The summed E-state index contributed by atoms with van der Waals surface area (Å²) in [7, 11) is -4.45. The topological polar surface area (TPSA) is 87.0 Å². The number of rotatable bonds is 8. The van der Waals surface area contributed by atoms with Gasteiger partial charge in [0.15, 0.2) is 0 Å². The molecule has 92 valence electrons. The highest BCUT2D eigenvalue weighted by Gasteiger charge is 2.27. The van der Waals surface area contributed by atoms with Crippen LogP contribution in [0.2, 0.25) is 0 Å². The highest BCUT2D eigenvalue weighted by Crippen LogP contribution is 2.40. The van der Waals surface area contributed by atoms with E-state index in [0.29, 0.717) is 12.8 Å². The fourth-order valence-corrected chi connectivity index (χ4v) is 2.10. The predicted molar refractivity (Wildman–Crippen MR) is 57.3 cm³/mol. The van der Waals surface area contributed by atoms with Crippen LogP contribution in [0.1, 0.15) is 39.5 Å². The van der Waals surface area contributed by atoms with Crippen LogP contribution >= 0.6 is 7.82 Å². The van der Waals surface area contributed by atoms with Crippen molar-refractivity contribution in [1.29, 1.82) is 0 Å². The molecule has 0 rings (SSSR count). The lowest BCUT2D eigenvalue weighted by atomic mass is 9.96. The number of hydrogen-bond acceptors (Lipinski definition) is 3. The Morgan fingerprint density at radius 3 is 2.27 bits per heavy atom. The van der Waals surface area contributed by atoms with E-state index >= 15 is 0 Å². The van der Waals surface area contributed by atoms with Gasteiger partial charge in [0.05, 0.1) is 6.10 Å². The molecule has 0 aromatic rings. The van der Waals surface area contributed by atoms with E-state index in [4.69, 9.17) is 19.4 Å². The average molecular weight is 240 g/mol. The first-order valence-corrected chi connectivity index (χ1v) is 6.82. The smallest absolute Gasteiger partial charge is 0.396 e. The molecule has 0 aromatic carbocycles. The minimum Gasteiger partial charge on any atom is -0.396 e. The van der Waals surface area contributed by atoms with Crippen molar-refractivity contribution in [1.82, 2.24) is 0 Å². The van der Waals surface area contributed by atoms with Crippen molar-refractivity contribution in [2.75, 3.05) is 6.61 Å². The van der Waals surface area contributed by atoms with Gasteiger partial charge >= 0.3 is 7.82 Å². The van der Waals surface area contributed by atoms with E-state index < -0.39 is 13.9 Å². The number of hydrogen-bond donors (Lipinski definition) is 3. The molecule has 0 aliphatic heterocycles. The van der Waals surface area contributed by atoms with Crippen LogP contribution in [-0.4, -0.2) is 27.6 Å². The van der Waals surface area contributed by atoms with Crippen molar-refractivity contribution in [2.45, 2.75) is 45.6 Å². The molecule has 6 heteroatoms. The van der Waals surface area contributed by atoms with Crippen molar-refractivity contribution < 1.29 is 24.0 Å². The molecule has 0 bridgehead atoms. The summed E-state index contributed by atoms with van der Waals surface area (Å²) in [5.74, 6) is -0.204. The third-order valence-electron chi connectivity index (χ3n) is 2.40. The first-order chi connectivity index (χ1) is 6.94. The van der Waals surface area contributed by atoms with Gasteiger partial charge in [-0.1, -0.05) is 26.7 Å². The predicted octanol–water partition coefficient (Wildman–Crippen LogP) is 1.67. The Hall–Kier alpha value is 0.0700. The highest BCUT2D eigenvalue weighted by atomic mass is 31.2. The lowest BCUT2D eigenvalue weighted by molar-refractivity contribution is 0.0498. The molecule has 2 atom stereocenters. The minimum absolute atomic E-state index is 0.106. The zero-order valence-electron chi connectivity index (χ0n) is 9.30. The van der Waals surface area contributed by atoms with Gasteiger partial charge in [-0.2, -0.15) is 0 Å². The molecule has 0 saturated carbocycles. The van der Waals surface area contributed by atoms with Crippen molar-refractivity contribution >= 4 is 7.82 Å². The molecule has 3 N–H and O–H groups in total. The fourth-order valence-electron chi connectivity index (χ4n) is 1.47. The van der Waals surface area contributed by atoms with Crippen LogP contribution in [-0.2, 0) is 9.09 Å². The number of unbranched alkanes of at least 4 members (excludes halogenated alkanes) is 1. The van der Waals surface area contributed by atoms with Gasteiger partial charge in [0.1, 0.15) is 0 Å². The summed E-state index contributed by atoms with van der Waals surface area (Å²) in [4.78, 5) is 17.5. The van der Waals surface area contributed by atoms with Crippen LogP contribution in [0.4, 0.5) is 0 Å². The second-order valence-corrected chi connectivity index (χ2v) is 4.82. The fraction of sp³-hybridized carbons (Fsp3) is 1.00. The van der Waals surface area contributed by atoms with Gasteiger partial charge in [0, 0.05) is 12.5 Å². The van der Waals surface area contributed by atoms with Crippen LogP contribution in [0.15, 0.2) is 0 Å². The molecule has 0 heterocycles. The van der Waals surface area contributed by atoms with E-state index in [2.05, 4.69) is 0 Å². The van der Waals surface area contributed by atoms with E-state index in [9.17, 15) is 4.57 Å². The van der Waals surface area contributed by atoms with Gasteiger partial charge in [-0.25, -0.2) is 4.57 Å². The summed E-state index contributed by atoms with van der Waals surface area (Å²) < 4.78 is 15.4. The second kappa shape index (κ2) is 7.36. The van der Waals surface area contributed by atoms with Crippen LogP contribution in [0.3, 0.4) is 0 Å². The molecule has 0 amide bonds. The molecule has 0 saturated heterocycles. The number of aliphatic hydroxyl groups is 1. The largest absolute Gasteiger partial charge is 0.469 e. The first kappa shape index (κ1) is 15.1. The quantitative estimate of drug-likeness (QED) is 0.562. The molecule has 5 nitrogen and oxygen atoms in total. The summed E-state index contributed by atoms with van der Waals surface area (Å²) in [6.07, 6.45) is 2.43. The lowest BCUT2D eigenvalue weighted by Gasteiger charge is -2.24. The molecule has 0 spiro atoms. The van der Waals surface area contributed by atoms with Gasteiger partial charge in [-0.15, -0.1) is 0 Å². The van der Waals surface area contributed by atoms with E-state index in [0.717, 1.165) is 12.8 Å².